The fourth-order valence-corrected chi connectivity index (χ4v) is 1.45. The maximum absolute atomic E-state index is 5.07. The zero-order valence-corrected chi connectivity index (χ0v) is 10.5. The van der Waals surface area contributed by atoms with E-state index in [0.29, 0.717) is 13.1 Å². The van der Waals surface area contributed by atoms with Gasteiger partial charge in [-0.25, -0.2) is 0 Å². The summed E-state index contributed by atoms with van der Waals surface area (Å²) in [5, 5.41) is 0. The molecule has 0 bridgehead atoms. The molecule has 0 heterocycles. The molecule has 0 aliphatic carbocycles. The standard InChI is InChI=1S/C12H10.C4H10N2/c1-3-7-11(8-4-1)12-9-5-2-6-10-12;5-3-1-2-4-6/h1-10H;1-2H,3-6H2. The van der Waals surface area contributed by atoms with Crippen molar-refractivity contribution in [1.82, 2.24) is 0 Å². The summed E-state index contributed by atoms with van der Waals surface area (Å²) in [6.45, 7) is 1.19. The molecule has 2 nitrogen and oxygen atoms in total. The Labute approximate surface area is 109 Å². The summed E-state index contributed by atoms with van der Waals surface area (Å²) < 4.78 is 0. The lowest BCUT2D eigenvalue weighted by atomic mass is 10.1. The van der Waals surface area contributed by atoms with E-state index in [0.717, 1.165) is 0 Å². The Hall–Kier alpha value is -1.90. The SMILES string of the molecule is NCC=CCN.c1ccc(-c2ccccc2)cc1. The lowest BCUT2D eigenvalue weighted by Crippen LogP contribution is -1.97. The molecule has 0 spiro atoms. The van der Waals surface area contributed by atoms with Crippen LogP contribution in [0.4, 0.5) is 0 Å². The normalized spacial score (nSPS) is 9.89. The molecular formula is C16H20N2. The summed E-state index contributed by atoms with van der Waals surface area (Å²) in [7, 11) is 0. The van der Waals surface area contributed by atoms with E-state index in [1.54, 1.807) is 0 Å². The Balaban J connectivity index is 0.000000232. The molecule has 18 heavy (non-hydrogen) atoms. The highest BCUT2D eigenvalue weighted by Crippen LogP contribution is 2.17. The van der Waals surface area contributed by atoms with Crippen molar-refractivity contribution in [3.8, 4) is 11.1 Å². The number of hydrogen-bond acceptors (Lipinski definition) is 2. The third kappa shape index (κ3) is 5.43. The second-order valence-corrected chi connectivity index (χ2v) is 3.67. The molecule has 0 radical (unpaired) electrons. The molecule has 2 heteroatoms. The van der Waals surface area contributed by atoms with E-state index in [1.165, 1.54) is 11.1 Å². The molecule has 0 fully saturated rings. The van der Waals surface area contributed by atoms with Gasteiger partial charge in [0.2, 0.25) is 0 Å². The van der Waals surface area contributed by atoms with Crippen LogP contribution in [0.15, 0.2) is 72.8 Å². The fourth-order valence-electron chi connectivity index (χ4n) is 1.45. The van der Waals surface area contributed by atoms with Gasteiger partial charge in [-0.3, -0.25) is 0 Å². The summed E-state index contributed by atoms with van der Waals surface area (Å²) in [6, 6.07) is 20.8. The van der Waals surface area contributed by atoms with Gasteiger partial charge in [0.1, 0.15) is 0 Å². The fraction of sp³-hybridized carbons (Fsp3) is 0.125. The molecule has 0 unspecified atom stereocenters. The smallest absolute Gasteiger partial charge is 0.0107 e. The van der Waals surface area contributed by atoms with Gasteiger partial charge in [0.15, 0.2) is 0 Å². The molecule has 0 saturated heterocycles. The van der Waals surface area contributed by atoms with E-state index in [1.807, 2.05) is 24.3 Å². The van der Waals surface area contributed by atoms with E-state index in [4.69, 9.17) is 11.5 Å². The van der Waals surface area contributed by atoms with Crippen molar-refractivity contribution in [3.63, 3.8) is 0 Å². The first-order valence-corrected chi connectivity index (χ1v) is 6.04. The third-order valence-corrected chi connectivity index (χ3v) is 2.32. The van der Waals surface area contributed by atoms with E-state index in [2.05, 4.69) is 48.5 Å². The van der Waals surface area contributed by atoms with Crippen molar-refractivity contribution in [1.29, 1.82) is 0 Å². The van der Waals surface area contributed by atoms with E-state index >= 15 is 0 Å². The highest BCUT2D eigenvalue weighted by Gasteiger charge is 1.91. The summed E-state index contributed by atoms with van der Waals surface area (Å²) in [4.78, 5) is 0. The predicted octanol–water partition coefficient (Wildman–Crippen LogP) is 2.81. The minimum atomic E-state index is 0.594. The number of benzene rings is 2. The monoisotopic (exact) mass is 240 g/mol. The van der Waals surface area contributed by atoms with Crippen LogP contribution in [-0.4, -0.2) is 13.1 Å². The molecule has 0 atom stereocenters. The van der Waals surface area contributed by atoms with Crippen LogP contribution in [0.1, 0.15) is 0 Å². The van der Waals surface area contributed by atoms with Crippen LogP contribution in [0.25, 0.3) is 11.1 Å². The molecule has 2 rings (SSSR count). The van der Waals surface area contributed by atoms with Gasteiger partial charge in [0.05, 0.1) is 0 Å². The molecule has 0 aliphatic heterocycles. The van der Waals surface area contributed by atoms with Crippen LogP contribution in [0.3, 0.4) is 0 Å². The molecule has 4 N–H and O–H groups in total. The molecule has 0 aliphatic rings. The zero-order valence-electron chi connectivity index (χ0n) is 10.5. The van der Waals surface area contributed by atoms with E-state index < -0.39 is 0 Å². The van der Waals surface area contributed by atoms with Crippen molar-refractivity contribution < 1.29 is 0 Å². The van der Waals surface area contributed by atoms with Gasteiger partial charge in [-0.15, -0.1) is 0 Å². The molecular weight excluding hydrogens is 220 g/mol. The van der Waals surface area contributed by atoms with Crippen LogP contribution in [0.2, 0.25) is 0 Å². The highest BCUT2D eigenvalue weighted by atomic mass is 14.5. The van der Waals surface area contributed by atoms with Crippen LogP contribution in [0, 0.1) is 0 Å². The lowest BCUT2D eigenvalue weighted by Gasteiger charge is -1.98. The third-order valence-electron chi connectivity index (χ3n) is 2.32. The second kappa shape index (κ2) is 9.16. The summed E-state index contributed by atoms with van der Waals surface area (Å²) in [5.74, 6) is 0. The Morgan fingerprint density at radius 2 is 0.944 bits per heavy atom. The topological polar surface area (TPSA) is 52.0 Å². The van der Waals surface area contributed by atoms with Crippen molar-refractivity contribution in [2.75, 3.05) is 13.1 Å². The van der Waals surface area contributed by atoms with Gasteiger partial charge >= 0.3 is 0 Å². The highest BCUT2D eigenvalue weighted by molar-refractivity contribution is 5.62. The molecule has 0 saturated carbocycles. The Morgan fingerprint density at radius 1 is 0.611 bits per heavy atom. The minimum Gasteiger partial charge on any atom is -0.327 e. The molecule has 2 aromatic rings. The Kier molecular flexibility index (Phi) is 7.21. The first-order chi connectivity index (χ1) is 8.88. The quantitative estimate of drug-likeness (QED) is 0.811. The predicted molar refractivity (Wildman–Crippen MR) is 79.1 cm³/mol. The number of rotatable bonds is 3. The van der Waals surface area contributed by atoms with Crippen molar-refractivity contribution >= 4 is 0 Å². The number of hydrogen-bond donors (Lipinski definition) is 2. The Morgan fingerprint density at radius 3 is 1.22 bits per heavy atom. The molecule has 94 valence electrons. The first-order valence-electron chi connectivity index (χ1n) is 6.04. The molecule has 0 amide bonds. The molecule has 0 aromatic heterocycles. The summed E-state index contributed by atoms with van der Waals surface area (Å²) in [6.07, 6.45) is 3.67. The van der Waals surface area contributed by atoms with Crippen LogP contribution < -0.4 is 11.5 Å². The van der Waals surface area contributed by atoms with Gasteiger partial charge < -0.3 is 11.5 Å². The summed E-state index contributed by atoms with van der Waals surface area (Å²) >= 11 is 0. The maximum atomic E-state index is 5.07. The van der Waals surface area contributed by atoms with Gasteiger partial charge in [0.25, 0.3) is 0 Å². The largest absolute Gasteiger partial charge is 0.327 e. The first kappa shape index (κ1) is 14.2. The lowest BCUT2D eigenvalue weighted by molar-refractivity contribution is 1.20. The zero-order chi connectivity index (χ0) is 13.1. The van der Waals surface area contributed by atoms with Crippen molar-refractivity contribution in [2.45, 2.75) is 0 Å². The average molecular weight is 240 g/mol. The van der Waals surface area contributed by atoms with Crippen molar-refractivity contribution in [2.24, 2.45) is 11.5 Å². The van der Waals surface area contributed by atoms with E-state index in [-0.39, 0.29) is 0 Å². The minimum absolute atomic E-state index is 0.594. The van der Waals surface area contributed by atoms with Crippen molar-refractivity contribution in [3.05, 3.63) is 72.8 Å². The second-order valence-electron chi connectivity index (χ2n) is 3.67. The number of nitrogens with two attached hydrogens (primary N) is 2. The Bertz CT molecular complexity index is 392. The average Bonchev–Trinajstić information content (AvgIpc) is 2.48. The van der Waals surface area contributed by atoms with Gasteiger partial charge in [-0.2, -0.15) is 0 Å². The van der Waals surface area contributed by atoms with E-state index in [9.17, 15) is 0 Å². The summed E-state index contributed by atoms with van der Waals surface area (Å²) in [5.41, 5.74) is 12.7. The van der Waals surface area contributed by atoms with Crippen LogP contribution >= 0.6 is 0 Å². The van der Waals surface area contributed by atoms with Gasteiger partial charge in [-0.05, 0) is 11.1 Å². The molecule has 2 aromatic carbocycles. The van der Waals surface area contributed by atoms with Crippen LogP contribution in [-0.2, 0) is 0 Å². The van der Waals surface area contributed by atoms with Crippen LogP contribution in [0.5, 0.6) is 0 Å². The van der Waals surface area contributed by atoms with Gasteiger partial charge in [-0.1, -0.05) is 72.8 Å². The van der Waals surface area contributed by atoms with Gasteiger partial charge in [0, 0.05) is 13.1 Å². The maximum Gasteiger partial charge on any atom is 0.0107 e.